The van der Waals surface area contributed by atoms with Crippen molar-refractivity contribution in [2.75, 3.05) is 0 Å². The summed E-state index contributed by atoms with van der Waals surface area (Å²) in [5, 5.41) is 10.8. The summed E-state index contributed by atoms with van der Waals surface area (Å²) in [6.45, 7) is 1.99. The summed E-state index contributed by atoms with van der Waals surface area (Å²) in [5.41, 5.74) is -0.123. The van der Waals surface area contributed by atoms with E-state index in [1.807, 2.05) is 19.1 Å². The topological polar surface area (TPSA) is 54.6 Å². The van der Waals surface area contributed by atoms with Gasteiger partial charge in [0.25, 0.3) is 0 Å². The second kappa shape index (κ2) is 5.38. The summed E-state index contributed by atoms with van der Waals surface area (Å²) in [7, 11) is 0. The molecular weight excluding hydrogens is 329 g/mol. The Bertz CT molecular complexity index is 879. The predicted molar refractivity (Wildman–Crippen MR) is 79.8 cm³/mol. The van der Waals surface area contributed by atoms with Gasteiger partial charge in [-0.2, -0.15) is 13.2 Å². The van der Waals surface area contributed by atoms with Crippen molar-refractivity contribution in [2.45, 2.75) is 19.5 Å². The lowest BCUT2D eigenvalue weighted by Gasteiger charge is -2.06. The van der Waals surface area contributed by atoms with Gasteiger partial charge in [-0.1, -0.05) is 31.2 Å². The first-order chi connectivity index (χ1) is 10.8. The van der Waals surface area contributed by atoms with E-state index in [1.54, 1.807) is 17.5 Å². The standard InChI is InChI=1S/C15H11F3N2O2S/c1-2-8-3-5-9(6-4-8)10-7-23-14-19-12(15(16,17)18)11(13(21)22)20(10)14/h3-7H,2H2,1H3,(H,21,22). The molecule has 0 spiro atoms. The summed E-state index contributed by atoms with van der Waals surface area (Å²) >= 11 is 0.976. The average molecular weight is 340 g/mol. The van der Waals surface area contributed by atoms with Crippen LogP contribution in [0.5, 0.6) is 0 Å². The second-order valence-electron chi connectivity index (χ2n) is 4.90. The van der Waals surface area contributed by atoms with Crippen LogP contribution >= 0.6 is 11.3 Å². The fourth-order valence-electron chi connectivity index (χ4n) is 2.37. The number of hydrogen-bond acceptors (Lipinski definition) is 3. The molecule has 0 fully saturated rings. The predicted octanol–water partition coefficient (Wildman–Crippen LogP) is 4.34. The quantitative estimate of drug-likeness (QED) is 0.771. The molecule has 1 N–H and O–H groups in total. The molecule has 1 aromatic carbocycles. The molecule has 0 saturated heterocycles. The van der Waals surface area contributed by atoms with E-state index in [0.717, 1.165) is 27.7 Å². The Balaban J connectivity index is 2.26. The summed E-state index contributed by atoms with van der Waals surface area (Å²) in [4.78, 5) is 14.8. The molecule has 0 aliphatic rings. The third-order valence-electron chi connectivity index (χ3n) is 3.49. The van der Waals surface area contributed by atoms with Crippen LogP contribution in [0.1, 0.15) is 28.7 Å². The first kappa shape index (κ1) is 15.5. The number of carbonyl (C=O) groups is 1. The zero-order valence-electron chi connectivity index (χ0n) is 11.9. The zero-order valence-corrected chi connectivity index (χ0v) is 12.7. The molecule has 0 atom stereocenters. The molecule has 4 nitrogen and oxygen atoms in total. The molecule has 0 aliphatic heterocycles. The fourth-order valence-corrected chi connectivity index (χ4v) is 3.26. The van der Waals surface area contributed by atoms with Crippen LogP contribution in [0.2, 0.25) is 0 Å². The first-order valence-corrected chi connectivity index (χ1v) is 7.60. The van der Waals surface area contributed by atoms with Gasteiger partial charge < -0.3 is 5.11 Å². The van der Waals surface area contributed by atoms with E-state index in [0.29, 0.717) is 11.3 Å². The van der Waals surface area contributed by atoms with Crippen molar-refractivity contribution in [3.05, 3.63) is 46.6 Å². The number of carboxylic acid groups (broad SMARTS) is 1. The minimum Gasteiger partial charge on any atom is -0.476 e. The Hall–Kier alpha value is -2.35. The molecule has 3 rings (SSSR count). The molecule has 2 aromatic heterocycles. The van der Waals surface area contributed by atoms with Gasteiger partial charge in [-0.25, -0.2) is 9.78 Å². The third-order valence-corrected chi connectivity index (χ3v) is 4.32. The number of benzene rings is 1. The number of aromatic carboxylic acids is 1. The van der Waals surface area contributed by atoms with Gasteiger partial charge in [-0.15, -0.1) is 11.3 Å². The molecule has 120 valence electrons. The number of hydrogen-bond donors (Lipinski definition) is 1. The zero-order chi connectivity index (χ0) is 16.8. The number of nitrogens with zero attached hydrogens (tertiary/aromatic N) is 2. The number of imidazole rings is 1. The van der Waals surface area contributed by atoms with Crippen molar-refractivity contribution in [3.8, 4) is 11.3 Å². The molecule has 3 aromatic rings. The van der Waals surface area contributed by atoms with E-state index >= 15 is 0 Å². The number of alkyl halides is 3. The van der Waals surface area contributed by atoms with Gasteiger partial charge in [0.2, 0.25) is 0 Å². The Labute approximate surface area is 132 Å². The molecule has 0 amide bonds. The van der Waals surface area contributed by atoms with Crippen molar-refractivity contribution < 1.29 is 23.1 Å². The molecule has 0 saturated carbocycles. The van der Waals surface area contributed by atoms with Crippen LogP contribution in [-0.2, 0) is 12.6 Å². The van der Waals surface area contributed by atoms with E-state index in [2.05, 4.69) is 4.98 Å². The van der Waals surface area contributed by atoms with Crippen LogP contribution in [-0.4, -0.2) is 20.5 Å². The SMILES string of the molecule is CCc1ccc(-c2csc3nc(C(F)(F)F)c(C(=O)O)n23)cc1. The molecular formula is C15H11F3N2O2S. The Morgan fingerprint density at radius 3 is 2.48 bits per heavy atom. The molecule has 0 aliphatic carbocycles. The van der Waals surface area contributed by atoms with Gasteiger partial charge in [-0.05, 0) is 17.5 Å². The van der Waals surface area contributed by atoms with Crippen molar-refractivity contribution in [3.63, 3.8) is 0 Å². The summed E-state index contributed by atoms with van der Waals surface area (Å²) < 4.78 is 40.1. The van der Waals surface area contributed by atoms with Crippen LogP contribution < -0.4 is 0 Å². The molecule has 0 radical (unpaired) electrons. The lowest BCUT2D eigenvalue weighted by atomic mass is 10.1. The number of aromatic nitrogens is 2. The normalized spacial score (nSPS) is 12.0. The average Bonchev–Trinajstić information content (AvgIpc) is 3.05. The third kappa shape index (κ3) is 2.59. The minimum absolute atomic E-state index is 0.00398. The van der Waals surface area contributed by atoms with Gasteiger partial charge in [0.1, 0.15) is 0 Å². The van der Waals surface area contributed by atoms with Crippen molar-refractivity contribution in [1.29, 1.82) is 0 Å². The summed E-state index contributed by atoms with van der Waals surface area (Å²) in [6, 6.07) is 7.25. The number of fused-ring (bicyclic) bond motifs is 1. The number of rotatable bonds is 3. The smallest absolute Gasteiger partial charge is 0.435 e. The van der Waals surface area contributed by atoms with Gasteiger partial charge in [0.15, 0.2) is 16.3 Å². The van der Waals surface area contributed by atoms with E-state index in [-0.39, 0.29) is 4.96 Å². The lowest BCUT2D eigenvalue weighted by Crippen LogP contribution is -2.14. The maximum absolute atomic E-state index is 13.0. The monoisotopic (exact) mass is 340 g/mol. The molecule has 8 heteroatoms. The Morgan fingerprint density at radius 2 is 1.96 bits per heavy atom. The van der Waals surface area contributed by atoms with Gasteiger partial charge in [0.05, 0.1) is 5.69 Å². The van der Waals surface area contributed by atoms with E-state index < -0.39 is 23.5 Å². The summed E-state index contributed by atoms with van der Waals surface area (Å²) in [5.74, 6) is -1.66. The number of carboxylic acids is 1. The second-order valence-corrected chi connectivity index (χ2v) is 5.74. The Kier molecular flexibility index (Phi) is 3.63. The van der Waals surface area contributed by atoms with Crippen LogP contribution in [0, 0.1) is 0 Å². The van der Waals surface area contributed by atoms with Crippen LogP contribution in [0.3, 0.4) is 0 Å². The van der Waals surface area contributed by atoms with Gasteiger partial charge >= 0.3 is 12.1 Å². The van der Waals surface area contributed by atoms with E-state index in [1.165, 1.54) is 0 Å². The number of halogens is 3. The largest absolute Gasteiger partial charge is 0.476 e. The van der Waals surface area contributed by atoms with Crippen molar-refractivity contribution >= 4 is 22.3 Å². The highest BCUT2D eigenvalue weighted by molar-refractivity contribution is 7.15. The van der Waals surface area contributed by atoms with Crippen LogP contribution in [0.4, 0.5) is 13.2 Å². The molecule has 0 unspecified atom stereocenters. The van der Waals surface area contributed by atoms with Crippen molar-refractivity contribution in [1.82, 2.24) is 9.38 Å². The van der Waals surface area contributed by atoms with Crippen LogP contribution in [0.25, 0.3) is 16.2 Å². The van der Waals surface area contributed by atoms with Crippen LogP contribution in [0.15, 0.2) is 29.6 Å². The number of thiazole rings is 1. The highest BCUT2D eigenvalue weighted by Gasteiger charge is 2.41. The van der Waals surface area contributed by atoms with Gasteiger partial charge in [0, 0.05) is 5.38 Å². The number of aryl methyl sites for hydroxylation is 1. The first-order valence-electron chi connectivity index (χ1n) is 6.72. The van der Waals surface area contributed by atoms with Crippen molar-refractivity contribution in [2.24, 2.45) is 0 Å². The fraction of sp³-hybridized carbons (Fsp3) is 0.200. The molecule has 23 heavy (non-hydrogen) atoms. The maximum Gasteiger partial charge on any atom is 0.435 e. The molecule has 2 heterocycles. The summed E-state index contributed by atoms with van der Waals surface area (Å²) in [6.07, 6.45) is -3.98. The minimum atomic E-state index is -4.82. The van der Waals surface area contributed by atoms with E-state index in [9.17, 15) is 23.1 Å². The van der Waals surface area contributed by atoms with Gasteiger partial charge in [-0.3, -0.25) is 4.40 Å². The van der Waals surface area contributed by atoms with E-state index in [4.69, 9.17) is 0 Å². The Morgan fingerprint density at radius 1 is 1.30 bits per heavy atom. The molecule has 0 bridgehead atoms. The maximum atomic E-state index is 13.0. The highest BCUT2D eigenvalue weighted by Crippen LogP contribution is 2.36. The lowest BCUT2D eigenvalue weighted by molar-refractivity contribution is -0.141. The highest BCUT2D eigenvalue weighted by atomic mass is 32.1.